The van der Waals surface area contributed by atoms with E-state index >= 15 is 0 Å². The van der Waals surface area contributed by atoms with Gasteiger partial charge in [-0.3, -0.25) is 4.79 Å². The van der Waals surface area contributed by atoms with Crippen LogP contribution in [-0.2, 0) is 11.2 Å². The maximum absolute atomic E-state index is 12.2. The van der Waals surface area contributed by atoms with Crippen molar-refractivity contribution in [2.75, 3.05) is 5.32 Å². The lowest BCUT2D eigenvalue weighted by molar-refractivity contribution is -0.116. The Balaban J connectivity index is 2.05. The number of halogens is 2. The van der Waals surface area contributed by atoms with E-state index in [-0.39, 0.29) is 5.91 Å². The molecule has 0 atom stereocenters. The van der Waals surface area contributed by atoms with Gasteiger partial charge in [0.2, 0.25) is 5.91 Å². The first kappa shape index (κ1) is 16.9. The third-order valence-corrected chi connectivity index (χ3v) is 4.31. The predicted molar refractivity (Wildman–Crippen MR) is 94.1 cm³/mol. The fourth-order valence-corrected chi connectivity index (χ4v) is 3.18. The van der Waals surface area contributed by atoms with Crippen molar-refractivity contribution in [2.45, 2.75) is 33.6 Å². The van der Waals surface area contributed by atoms with Gasteiger partial charge in [-0.05, 0) is 56.0 Å². The Morgan fingerprint density at radius 1 is 1.05 bits per heavy atom. The zero-order chi connectivity index (χ0) is 16.3. The standard InChI is InChI=1S/C18H19Cl2NO/c1-11-9-12(2)18(13(3)10-11)21-17(22)8-7-14-15(19)5-4-6-16(14)20/h4-6,9-10H,7-8H2,1-3H3,(H,21,22). The number of carbonyl (C=O) groups is 1. The van der Waals surface area contributed by atoms with Gasteiger partial charge < -0.3 is 5.32 Å². The molecule has 1 amide bonds. The van der Waals surface area contributed by atoms with Gasteiger partial charge in [0.15, 0.2) is 0 Å². The van der Waals surface area contributed by atoms with Crippen LogP contribution in [-0.4, -0.2) is 5.91 Å². The average Bonchev–Trinajstić information content (AvgIpc) is 2.42. The summed E-state index contributed by atoms with van der Waals surface area (Å²) in [5, 5.41) is 4.19. The lowest BCUT2D eigenvalue weighted by Crippen LogP contribution is -2.14. The summed E-state index contributed by atoms with van der Waals surface area (Å²) in [5.74, 6) is -0.0361. The molecule has 4 heteroatoms. The summed E-state index contributed by atoms with van der Waals surface area (Å²) in [6.07, 6.45) is 0.866. The molecule has 0 aromatic heterocycles. The molecule has 0 heterocycles. The number of nitrogens with one attached hydrogen (secondary N) is 1. The molecular weight excluding hydrogens is 317 g/mol. The number of amides is 1. The molecule has 0 saturated heterocycles. The maximum atomic E-state index is 12.2. The second-order valence-corrected chi connectivity index (χ2v) is 6.34. The summed E-state index contributed by atoms with van der Waals surface area (Å²) in [7, 11) is 0. The highest BCUT2D eigenvalue weighted by atomic mass is 35.5. The SMILES string of the molecule is Cc1cc(C)c(NC(=O)CCc2c(Cl)cccc2Cl)c(C)c1. The van der Waals surface area contributed by atoms with Gasteiger partial charge in [-0.2, -0.15) is 0 Å². The smallest absolute Gasteiger partial charge is 0.224 e. The molecule has 0 aliphatic heterocycles. The molecule has 0 radical (unpaired) electrons. The van der Waals surface area contributed by atoms with Crippen LogP contribution in [0.25, 0.3) is 0 Å². The van der Waals surface area contributed by atoms with E-state index in [9.17, 15) is 4.79 Å². The molecule has 0 saturated carbocycles. The van der Waals surface area contributed by atoms with E-state index in [0.29, 0.717) is 22.9 Å². The van der Waals surface area contributed by atoms with Crippen molar-refractivity contribution in [3.8, 4) is 0 Å². The third-order valence-electron chi connectivity index (χ3n) is 3.61. The molecule has 22 heavy (non-hydrogen) atoms. The van der Waals surface area contributed by atoms with E-state index < -0.39 is 0 Å². The van der Waals surface area contributed by atoms with E-state index in [1.54, 1.807) is 18.2 Å². The Bertz CT molecular complexity index is 667. The molecule has 2 nitrogen and oxygen atoms in total. The highest BCUT2D eigenvalue weighted by Gasteiger charge is 2.11. The first-order valence-corrected chi connectivity index (χ1v) is 7.94. The minimum atomic E-state index is -0.0361. The summed E-state index contributed by atoms with van der Waals surface area (Å²) >= 11 is 12.2. The van der Waals surface area contributed by atoms with Crippen molar-refractivity contribution in [3.05, 3.63) is 62.6 Å². The summed E-state index contributed by atoms with van der Waals surface area (Å²) in [6, 6.07) is 9.50. The lowest BCUT2D eigenvalue weighted by Gasteiger charge is -2.13. The molecule has 1 N–H and O–H groups in total. The van der Waals surface area contributed by atoms with Crippen LogP contribution in [0.4, 0.5) is 5.69 Å². The van der Waals surface area contributed by atoms with E-state index in [0.717, 1.165) is 22.4 Å². The van der Waals surface area contributed by atoms with Crippen molar-refractivity contribution < 1.29 is 4.79 Å². The fraction of sp³-hybridized carbons (Fsp3) is 0.278. The molecule has 2 rings (SSSR count). The van der Waals surface area contributed by atoms with Crippen molar-refractivity contribution in [1.29, 1.82) is 0 Å². The normalized spacial score (nSPS) is 10.6. The van der Waals surface area contributed by atoms with Crippen LogP contribution in [0.3, 0.4) is 0 Å². The number of rotatable bonds is 4. The van der Waals surface area contributed by atoms with Crippen LogP contribution < -0.4 is 5.32 Å². The average molecular weight is 336 g/mol. The van der Waals surface area contributed by atoms with Gasteiger partial charge in [-0.25, -0.2) is 0 Å². The number of benzene rings is 2. The van der Waals surface area contributed by atoms with Crippen molar-refractivity contribution in [1.82, 2.24) is 0 Å². The number of anilines is 1. The number of hydrogen-bond acceptors (Lipinski definition) is 1. The van der Waals surface area contributed by atoms with Crippen LogP contribution >= 0.6 is 23.2 Å². The lowest BCUT2D eigenvalue weighted by atomic mass is 10.0. The minimum absolute atomic E-state index is 0.0361. The highest BCUT2D eigenvalue weighted by Crippen LogP contribution is 2.26. The van der Waals surface area contributed by atoms with Gasteiger partial charge in [-0.1, -0.05) is 47.0 Å². The molecule has 0 aliphatic rings. The minimum Gasteiger partial charge on any atom is -0.326 e. The Kier molecular flexibility index (Phi) is 5.49. The van der Waals surface area contributed by atoms with Crippen LogP contribution in [0.15, 0.2) is 30.3 Å². The van der Waals surface area contributed by atoms with Crippen LogP contribution in [0.5, 0.6) is 0 Å². The molecule has 2 aromatic rings. The highest BCUT2D eigenvalue weighted by molar-refractivity contribution is 6.36. The van der Waals surface area contributed by atoms with E-state index in [1.807, 2.05) is 20.8 Å². The molecular formula is C18H19Cl2NO. The van der Waals surface area contributed by atoms with Crippen LogP contribution in [0, 0.1) is 20.8 Å². The number of aryl methyl sites for hydroxylation is 3. The van der Waals surface area contributed by atoms with Crippen LogP contribution in [0.1, 0.15) is 28.7 Å². The Hall–Kier alpha value is -1.51. The fourth-order valence-electron chi connectivity index (χ4n) is 2.59. The van der Waals surface area contributed by atoms with E-state index in [4.69, 9.17) is 23.2 Å². The second kappa shape index (κ2) is 7.17. The van der Waals surface area contributed by atoms with Gasteiger partial charge in [-0.15, -0.1) is 0 Å². The molecule has 2 aromatic carbocycles. The van der Waals surface area contributed by atoms with Gasteiger partial charge in [0.1, 0.15) is 0 Å². The number of hydrogen-bond donors (Lipinski definition) is 1. The van der Waals surface area contributed by atoms with Crippen LogP contribution in [0.2, 0.25) is 10.0 Å². The van der Waals surface area contributed by atoms with Gasteiger partial charge in [0, 0.05) is 22.2 Å². The first-order valence-electron chi connectivity index (χ1n) is 7.19. The summed E-state index contributed by atoms with van der Waals surface area (Å²) in [4.78, 5) is 12.2. The largest absolute Gasteiger partial charge is 0.326 e. The summed E-state index contributed by atoms with van der Waals surface area (Å²) < 4.78 is 0. The van der Waals surface area contributed by atoms with Crippen molar-refractivity contribution >= 4 is 34.8 Å². The van der Waals surface area contributed by atoms with Gasteiger partial charge >= 0.3 is 0 Å². The van der Waals surface area contributed by atoms with Gasteiger partial charge in [0.05, 0.1) is 0 Å². The van der Waals surface area contributed by atoms with E-state index in [1.165, 1.54) is 5.56 Å². The Morgan fingerprint density at radius 3 is 2.14 bits per heavy atom. The van der Waals surface area contributed by atoms with Gasteiger partial charge in [0.25, 0.3) is 0 Å². The summed E-state index contributed by atoms with van der Waals surface area (Å²) in [5.41, 5.74) is 5.04. The molecule has 116 valence electrons. The van der Waals surface area contributed by atoms with Crippen molar-refractivity contribution in [3.63, 3.8) is 0 Å². The summed E-state index contributed by atoms with van der Waals surface area (Å²) in [6.45, 7) is 6.05. The topological polar surface area (TPSA) is 29.1 Å². The first-order chi connectivity index (χ1) is 10.4. The molecule has 0 spiro atoms. The predicted octanol–water partition coefficient (Wildman–Crippen LogP) is 5.49. The number of carbonyl (C=O) groups excluding carboxylic acids is 1. The molecule has 0 fully saturated rings. The zero-order valence-electron chi connectivity index (χ0n) is 13.0. The maximum Gasteiger partial charge on any atom is 0.224 e. The third kappa shape index (κ3) is 4.02. The quantitative estimate of drug-likeness (QED) is 0.786. The molecule has 0 unspecified atom stereocenters. The van der Waals surface area contributed by atoms with Crippen molar-refractivity contribution in [2.24, 2.45) is 0 Å². The monoisotopic (exact) mass is 335 g/mol. The zero-order valence-corrected chi connectivity index (χ0v) is 14.5. The molecule has 0 aliphatic carbocycles. The molecule has 0 bridgehead atoms. The van der Waals surface area contributed by atoms with E-state index in [2.05, 4.69) is 17.4 Å². The Morgan fingerprint density at radius 2 is 1.59 bits per heavy atom. The Labute approximate surface area is 141 Å². The second-order valence-electron chi connectivity index (χ2n) is 5.52.